The number of hydrogen-bond donors (Lipinski definition) is 1. The van der Waals surface area contributed by atoms with Crippen molar-refractivity contribution in [1.29, 1.82) is 0 Å². The van der Waals surface area contributed by atoms with Crippen molar-refractivity contribution < 1.29 is 4.79 Å². The maximum Gasteiger partial charge on any atom is 0.268 e. The molecule has 1 N–H and O–H groups in total. The van der Waals surface area contributed by atoms with Crippen LogP contribution < -0.4 is 5.32 Å². The molecule has 0 saturated heterocycles. The van der Waals surface area contributed by atoms with Gasteiger partial charge in [-0.1, -0.05) is 35.0 Å². The summed E-state index contributed by atoms with van der Waals surface area (Å²) in [7, 11) is 0. The molecule has 0 radical (unpaired) electrons. The number of nitrogens with one attached hydrogen (secondary N) is 1. The van der Waals surface area contributed by atoms with E-state index in [0.29, 0.717) is 5.69 Å². The minimum Gasteiger partial charge on any atom is -0.344 e. The van der Waals surface area contributed by atoms with Crippen molar-refractivity contribution in [2.75, 3.05) is 0 Å². The molecule has 5 heteroatoms. The lowest BCUT2D eigenvalue weighted by Crippen LogP contribution is -2.28. The first-order chi connectivity index (χ1) is 10.0. The zero-order chi connectivity index (χ0) is 15.4. The van der Waals surface area contributed by atoms with E-state index in [1.807, 2.05) is 48.0 Å². The number of carbonyl (C=O) groups is 1. The Labute approximate surface area is 142 Å². The van der Waals surface area contributed by atoms with Gasteiger partial charge in [0.1, 0.15) is 5.69 Å². The van der Waals surface area contributed by atoms with Gasteiger partial charge in [-0.3, -0.25) is 4.79 Å². The minimum atomic E-state index is -0.0541. The van der Waals surface area contributed by atoms with Gasteiger partial charge in [-0.15, -0.1) is 0 Å². The lowest BCUT2D eigenvalue weighted by atomic mass is 10.1. The third-order valence-electron chi connectivity index (χ3n) is 3.26. The van der Waals surface area contributed by atoms with Crippen molar-refractivity contribution in [2.45, 2.75) is 32.9 Å². The molecule has 1 amide bonds. The number of hydrogen-bond acceptors (Lipinski definition) is 1. The predicted octanol–water partition coefficient (Wildman–Crippen LogP) is 4.91. The summed E-state index contributed by atoms with van der Waals surface area (Å²) in [6.45, 7) is 4.92. The molecule has 0 spiro atoms. The Bertz CT molecular complexity index is 637. The lowest BCUT2D eigenvalue weighted by molar-refractivity contribution is 0.0930. The average molecular weight is 414 g/mol. The Kier molecular flexibility index (Phi) is 5.65. The van der Waals surface area contributed by atoms with E-state index in [9.17, 15) is 4.79 Å². The molecule has 2 aromatic rings. The first-order valence-electron chi connectivity index (χ1n) is 6.93. The van der Waals surface area contributed by atoms with Crippen molar-refractivity contribution in [2.24, 2.45) is 0 Å². The standard InChI is InChI=1S/C16H18Br2N2O/c1-3-7-20-10-14(18)9-15(20)16(21)19-11(2)12-5-4-6-13(17)8-12/h4-6,8-11H,3,7H2,1-2H3,(H,19,21). The second kappa shape index (κ2) is 7.27. The van der Waals surface area contributed by atoms with Gasteiger partial charge in [0.15, 0.2) is 0 Å². The van der Waals surface area contributed by atoms with E-state index in [1.54, 1.807) is 0 Å². The first kappa shape index (κ1) is 16.3. The van der Waals surface area contributed by atoms with Crippen LogP contribution in [-0.2, 0) is 6.54 Å². The third kappa shape index (κ3) is 4.20. The Hall–Kier alpha value is -1.07. The molecule has 21 heavy (non-hydrogen) atoms. The van der Waals surface area contributed by atoms with Crippen LogP contribution in [0.5, 0.6) is 0 Å². The monoisotopic (exact) mass is 412 g/mol. The molecule has 1 heterocycles. The molecule has 0 aliphatic carbocycles. The number of aromatic nitrogens is 1. The minimum absolute atomic E-state index is 0.0428. The van der Waals surface area contributed by atoms with E-state index < -0.39 is 0 Å². The third-order valence-corrected chi connectivity index (χ3v) is 4.18. The highest BCUT2D eigenvalue weighted by Crippen LogP contribution is 2.20. The number of halogens is 2. The number of rotatable bonds is 5. The summed E-state index contributed by atoms with van der Waals surface area (Å²) in [5.41, 5.74) is 1.76. The van der Waals surface area contributed by atoms with E-state index in [1.165, 1.54) is 0 Å². The maximum atomic E-state index is 12.5. The summed E-state index contributed by atoms with van der Waals surface area (Å²) >= 11 is 6.89. The molecule has 1 aromatic heterocycles. The average Bonchev–Trinajstić information content (AvgIpc) is 2.80. The molecule has 1 aromatic carbocycles. The van der Waals surface area contributed by atoms with Crippen LogP contribution in [0, 0.1) is 0 Å². The fourth-order valence-electron chi connectivity index (χ4n) is 2.22. The van der Waals surface area contributed by atoms with Gasteiger partial charge in [0.05, 0.1) is 6.04 Å². The van der Waals surface area contributed by atoms with Crippen LogP contribution >= 0.6 is 31.9 Å². The number of carbonyl (C=O) groups excluding carboxylic acids is 1. The molecule has 0 aliphatic rings. The van der Waals surface area contributed by atoms with Crippen molar-refractivity contribution in [3.05, 3.63) is 56.7 Å². The smallest absolute Gasteiger partial charge is 0.268 e. The molecule has 0 saturated carbocycles. The second-order valence-corrected chi connectivity index (χ2v) is 6.82. The van der Waals surface area contributed by atoms with Crippen LogP contribution in [-0.4, -0.2) is 10.5 Å². The van der Waals surface area contributed by atoms with Crippen molar-refractivity contribution in [3.8, 4) is 0 Å². The molecule has 0 bridgehead atoms. The zero-order valence-corrected chi connectivity index (χ0v) is 15.2. The zero-order valence-electron chi connectivity index (χ0n) is 12.1. The number of amides is 1. The normalized spacial score (nSPS) is 12.2. The highest BCUT2D eigenvalue weighted by atomic mass is 79.9. The van der Waals surface area contributed by atoms with Crippen molar-refractivity contribution in [3.63, 3.8) is 0 Å². The van der Waals surface area contributed by atoms with Crippen molar-refractivity contribution >= 4 is 37.8 Å². The summed E-state index contributed by atoms with van der Waals surface area (Å²) in [6.07, 6.45) is 2.94. The summed E-state index contributed by atoms with van der Waals surface area (Å²) in [5.74, 6) is -0.0541. The fraction of sp³-hybridized carbons (Fsp3) is 0.312. The molecule has 2 rings (SSSR count). The van der Waals surface area contributed by atoms with Crippen LogP contribution in [0.25, 0.3) is 0 Å². The fourth-order valence-corrected chi connectivity index (χ4v) is 3.10. The molecule has 1 unspecified atom stereocenters. The predicted molar refractivity (Wildman–Crippen MR) is 92.4 cm³/mol. The maximum absolute atomic E-state index is 12.5. The van der Waals surface area contributed by atoms with Gasteiger partial charge in [0.25, 0.3) is 5.91 Å². The Morgan fingerprint density at radius 3 is 2.71 bits per heavy atom. The lowest BCUT2D eigenvalue weighted by Gasteiger charge is -2.15. The van der Waals surface area contributed by atoms with Gasteiger partial charge in [-0.2, -0.15) is 0 Å². The van der Waals surface area contributed by atoms with Gasteiger partial charge in [-0.25, -0.2) is 0 Å². The SMILES string of the molecule is CCCn1cc(Br)cc1C(=O)NC(C)c1cccc(Br)c1. The summed E-state index contributed by atoms with van der Waals surface area (Å²) < 4.78 is 3.92. The van der Waals surface area contributed by atoms with Gasteiger partial charge in [0, 0.05) is 21.7 Å². The first-order valence-corrected chi connectivity index (χ1v) is 8.52. The quantitative estimate of drug-likeness (QED) is 0.741. The number of aryl methyl sites for hydroxylation is 1. The van der Waals surface area contributed by atoms with Crippen LogP contribution in [0.3, 0.4) is 0 Å². The molecule has 0 fully saturated rings. The highest BCUT2D eigenvalue weighted by Gasteiger charge is 2.16. The van der Waals surface area contributed by atoms with Crippen molar-refractivity contribution in [1.82, 2.24) is 9.88 Å². The topological polar surface area (TPSA) is 34.0 Å². The summed E-state index contributed by atoms with van der Waals surface area (Å²) in [4.78, 5) is 12.5. The molecule has 0 aliphatic heterocycles. The highest BCUT2D eigenvalue weighted by molar-refractivity contribution is 9.10. The molecular formula is C16H18Br2N2O. The largest absolute Gasteiger partial charge is 0.344 e. The van der Waals surface area contributed by atoms with Crippen LogP contribution in [0.1, 0.15) is 42.4 Å². The Morgan fingerprint density at radius 1 is 1.29 bits per heavy atom. The van der Waals surface area contributed by atoms with Crippen LogP contribution in [0.2, 0.25) is 0 Å². The molecule has 112 valence electrons. The van der Waals surface area contributed by atoms with Gasteiger partial charge >= 0.3 is 0 Å². The van der Waals surface area contributed by atoms with Crippen LogP contribution in [0.4, 0.5) is 0 Å². The Morgan fingerprint density at radius 2 is 2.05 bits per heavy atom. The molecular weight excluding hydrogens is 396 g/mol. The summed E-state index contributed by atoms with van der Waals surface area (Å²) in [5, 5.41) is 3.05. The second-order valence-electron chi connectivity index (χ2n) is 4.99. The number of benzene rings is 1. The van der Waals surface area contributed by atoms with E-state index in [2.05, 4.69) is 44.1 Å². The van der Waals surface area contributed by atoms with E-state index in [-0.39, 0.29) is 11.9 Å². The van der Waals surface area contributed by atoms with Gasteiger partial charge in [0.2, 0.25) is 0 Å². The summed E-state index contributed by atoms with van der Waals surface area (Å²) in [6, 6.07) is 9.79. The molecule has 3 nitrogen and oxygen atoms in total. The van der Waals surface area contributed by atoms with Gasteiger partial charge < -0.3 is 9.88 Å². The molecule has 1 atom stereocenters. The number of nitrogens with zero attached hydrogens (tertiary/aromatic N) is 1. The van der Waals surface area contributed by atoms with E-state index in [4.69, 9.17) is 0 Å². The van der Waals surface area contributed by atoms with E-state index >= 15 is 0 Å². The van der Waals surface area contributed by atoms with E-state index in [0.717, 1.165) is 27.5 Å². The van der Waals surface area contributed by atoms with Gasteiger partial charge in [-0.05, 0) is 53.0 Å². The Balaban J connectivity index is 2.14. The van der Waals surface area contributed by atoms with Crippen LogP contribution in [0.15, 0.2) is 45.5 Å².